The molecule has 234 valence electrons. The number of rotatable bonds is 13. The predicted octanol–water partition coefficient (Wildman–Crippen LogP) is 6.81. The molecule has 0 saturated carbocycles. The molecule has 45 heavy (non-hydrogen) atoms. The summed E-state index contributed by atoms with van der Waals surface area (Å²) in [5.41, 5.74) is 1.90. The van der Waals surface area contributed by atoms with Crippen LogP contribution in [0, 0.1) is 0 Å². The first-order chi connectivity index (χ1) is 21.8. The van der Waals surface area contributed by atoms with Gasteiger partial charge in [0.1, 0.15) is 17.2 Å². The lowest BCUT2D eigenvalue weighted by molar-refractivity contribution is -0.129. The molecule has 4 aromatic rings. The van der Waals surface area contributed by atoms with E-state index in [0.717, 1.165) is 25.6 Å². The number of hydrogen-bond donors (Lipinski definition) is 2. The number of aliphatic hydroxyl groups is 1. The summed E-state index contributed by atoms with van der Waals surface area (Å²) in [7, 11) is 3.18. The summed E-state index contributed by atoms with van der Waals surface area (Å²) in [6.07, 6.45) is 0.0828. The number of benzene rings is 4. The molecule has 0 fully saturated rings. The Hall–Kier alpha value is -3.86. The van der Waals surface area contributed by atoms with Crippen LogP contribution in [0.5, 0.6) is 17.2 Å². The number of aliphatic imine (C=N–C) groups is 1. The molecule has 4 aromatic carbocycles. The number of nitrogens with one attached hydrogen (secondary N) is 1. The molecule has 0 bridgehead atoms. The van der Waals surface area contributed by atoms with Gasteiger partial charge < -0.3 is 29.4 Å². The molecule has 0 aromatic heterocycles. The van der Waals surface area contributed by atoms with Crippen LogP contribution in [-0.2, 0) is 22.5 Å². The second-order valence-corrected chi connectivity index (χ2v) is 12.3. The van der Waals surface area contributed by atoms with E-state index in [1.165, 1.54) is 0 Å². The van der Waals surface area contributed by atoms with Gasteiger partial charge in [-0.15, -0.1) is 0 Å². The van der Waals surface area contributed by atoms with Crippen molar-refractivity contribution in [2.24, 2.45) is 4.99 Å². The molecule has 0 spiro atoms. The van der Waals surface area contributed by atoms with Crippen molar-refractivity contribution in [3.8, 4) is 17.2 Å². The predicted molar refractivity (Wildman–Crippen MR) is 180 cm³/mol. The lowest BCUT2D eigenvalue weighted by Crippen LogP contribution is -2.49. The van der Waals surface area contributed by atoms with Crippen LogP contribution in [0.25, 0.3) is 0 Å². The van der Waals surface area contributed by atoms with Crippen LogP contribution >= 0.6 is 31.9 Å². The van der Waals surface area contributed by atoms with Crippen LogP contribution in [0.2, 0.25) is 0 Å². The lowest BCUT2D eigenvalue weighted by atomic mass is 9.82. The highest BCUT2D eigenvalue weighted by atomic mass is 79.9. The third-order valence-corrected chi connectivity index (χ3v) is 8.72. The highest BCUT2D eigenvalue weighted by molar-refractivity contribution is 9.10. The number of methoxy groups -OCH3 is 2. The minimum absolute atomic E-state index is 0.0625. The smallest absolute Gasteiger partial charge is 0.252 e. The van der Waals surface area contributed by atoms with E-state index in [1.807, 2.05) is 84.9 Å². The Morgan fingerprint density at radius 3 is 2.24 bits per heavy atom. The van der Waals surface area contributed by atoms with E-state index >= 15 is 0 Å². The number of hydrogen-bond acceptors (Lipinski definition) is 7. The van der Waals surface area contributed by atoms with Crippen molar-refractivity contribution in [3.05, 3.63) is 122 Å². The number of carbonyl (C=O) groups excluding carboxylic acids is 1. The Kier molecular flexibility index (Phi) is 10.8. The maximum absolute atomic E-state index is 14.6. The van der Waals surface area contributed by atoms with Crippen molar-refractivity contribution in [1.29, 1.82) is 0 Å². The molecule has 1 aliphatic heterocycles. The molecule has 0 unspecified atom stereocenters. The number of carbonyl (C=O) groups is 1. The first kappa shape index (κ1) is 32.5. The van der Waals surface area contributed by atoms with E-state index in [-0.39, 0.29) is 25.5 Å². The minimum atomic E-state index is -1.35. The Morgan fingerprint density at radius 2 is 1.60 bits per heavy atom. The summed E-state index contributed by atoms with van der Waals surface area (Å²) >= 11 is 7.21. The lowest BCUT2D eigenvalue weighted by Gasteiger charge is -2.31. The SMILES string of the molecule is COc1cc(CNC(=O)[C@]2(Cc3ccc(Br)cc3)N=C(c3ccc(OCCCO)cc3)O[C@@H]2c2ccccc2Br)cc(OC)c1. The van der Waals surface area contributed by atoms with Gasteiger partial charge in [-0.3, -0.25) is 4.79 Å². The zero-order chi connectivity index (χ0) is 31.8. The van der Waals surface area contributed by atoms with Crippen molar-refractivity contribution < 1.29 is 28.8 Å². The van der Waals surface area contributed by atoms with Crippen LogP contribution in [0.4, 0.5) is 0 Å². The van der Waals surface area contributed by atoms with Crippen molar-refractivity contribution in [3.63, 3.8) is 0 Å². The Labute approximate surface area is 279 Å². The van der Waals surface area contributed by atoms with Crippen LogP contribution in [0.15, 0.2) is 105 Å². The highest BCUT2D eigenvalue weighted by Crippen LogP contribution is 2.44. The molecule has 8 nitrogen and oxygen atoms in total. The number of amides is 1. The van der Waals surface area contributed by atoms with Crippen LogP contribution in [-0.4, -0.2) is 49.9 Å². The topological polar surface area (TPSA) is 98.6 Å². The monoisotopic (exact) mass is 736 g/mol. The fraction of sp³-hybridized carbons (Fsp3) is 0.257. The normalized spacial score (nSPS) is 17.3. The van der Waals surface area contributed by atoms with Gasteiger partial charge in [-0.05, 0) is 65.7 Å². The average molecular weight is 738 g/mol. The molecular weight excluding hydrogens is 704 g/mol. The largest absolute Gasteiger partial charge is 0.497 e. The summed E-state index contributed by atoms with van der Waals surface area (Å²) in [6, 6.07) is 28.5. The molecule has 1 heterocycles. The molecule has 10 heteroatoms. The van der Waals surface area contributed by atoms with Crippen molar-refractivity contribution in [2.75, 3.05) is 27.4 Å². The summed E-state index contributed by atoms with van der Waals surface area (Å²) < 4.78 is 25.0. The Bertz CT molecular complexity index is 1620. The standard InChI is InChI=1S/C35H34Br2N2O6/c1-42-28-18-24(19-29(20-28)43-2)22-38-34(41)35(21-23-8-12-26(36)13-9-23)32(30-6-3-4-7-31(30)37)45-33(39-35)25-10-14-27(15-11-25)44-17-5-16-40/h3-4,6-15,18-20,32,40H,5,16-17,21-22H2,1-2H3,(H,38,41)/t32-,35-/m1/s1. The van der Waals surface area contributed by atoms with Crippen LogP contribution in [0.1, 0.15) is 34.8 Å². The van der Waals surface area contributed by atoms with Gasteiger partial charge >= 0.3 is 0 Å². The third-order valence-electron chi connectivity index (χ3n) is 7.47. The summed E-state index contributed by atoms with van der Waals surface area (Å²) in [5.74, 6) is 1.99. The van der Waals surface area contributed by atoms with Crippen molar-refractivity contribution in [1.82, 2.24) is 5.32 Å². The van der Waals surface area contributed by atoms with Gasteiger partial charge in [-0.25, -0.2) is 4.99 Å². The van der Waals surface area contributed by atoms with E-state index < -0.39 is 11.6 Å². The molecule has 1 amide bonds. The second kappa shape index (κ2) is 14.9. The summed E-state index contributed by atoms with van der Waals surface area (Å²) in [4.78, 5) is 19.7. The van der Waals surface area contributed by atoms with Gasteiger partial charge in [-0.2, -0.15) is 0 Å². The number of nitrogens with zero attached hydrogens (tertiary/aromatic N) is 1. The molecule has 2 atom stereocenters. The van der Waals surface area contributed by atoms with Gasteiger partial charge in [0.25, 0.3) is 5.91 Å². The van der Waals surface area contributed by atoms with E-state index in [2.05, 4.69) is 37.2 Å². The molecular formula is C35H34Br2N2O6. The van der Waals surface area contributed by atoms with Gasteiger partial charge in [0, 0.05) is 52.1 Å². The molecule has 1 aliphatic rings. The van der Waals surface area contributed by atoms with E-state index in [0.29, 0.717) is 41.7 Å². The first-order valence-electron chi connectivity index (χ1n) is 14.4. The zero-order valence-corrected chi connectivity index (χ0v) is 28.1. The molecule has 5 rings (SSSR count). The highest BCUT2D eigenvalue weighted by Gasteiger charge is 2.53. The molecule has 0 radical (unpaired) electrons. The molecule has 0 aliphatic carbocycles. The second-order valence-electron chi connectivity index (χ2n) is 10.5. The quantitative estimate of drug-likeness (QED) is 0.147. The van der Waals surface area contributed by atoms with Gasteiger partial charge in [0.15, 0.2) is 11.6 Å². The van der Waals surface area contributed by atoms with E-state index in [9.17, 15) is 4.79 Å². The number of aliphatic hydroxyl groups excluding tert-OH is 1. The van der Waals surface area contributed by atoms with Crippen molar-refractivity contribution >= 4 is 43.7 Å². The van der Waals surface area contributed by atoms with Gasteiger partial charge in [0.05, 0.1) is 20.8 Å². The average Bonchev–Trinajstić information content (AvgIpc) is 3.45. The minimum Gasteiger partial charge on any atom is -0.497 e. The Balaban J connectivity index is 1.56. The van der Waals surface area contributed by atoms with Gasteiger partial charge in [-0.1, -0.05) is 62.2 Å². The van der Waals surface area contributed by atoms with Crippen LogP contribution < -0.4 is 19.5 Å². The van der Waals surface area contributed by atoms with E-state index in [1.54, 1.807) is 20.3 Å². The van der Waals surface area contributed by atoms with Crippen LogP contribution in [0.3, 0.4) is 0 Å². The van der Waals surface area contributed by atoms with E-state index in [4.69, 9.17) is 29.0 Å². The summed E-state index contributed by atoms with van der Waals surface area (Å²) in [5, 5.41) is 12.2. The van der Waals surface area contributed by atoms with Gasteiger partial charge in [0.2, 0.25) is 5.90 Å². The van der Waals surface area contributed by atoms with Crippen molar-refractivity contribution in [2.45, 2.75) is 31.0 Å². The zero-order valence-electron chi connectivity index (χ0n) is 25.0. The maximum Gasteiger partial charge on any atom is 0.252 e. The number of ether oxygens (including phenoxy) is 4. The number of halogens is 2. The molecule has 2 N–H and O–H groups in total. The Morgan fingerprint density at radius 1 is 0.911 bits per heavy atom. The summed E-state index contributed by atoms with van der Waals surface area (Å²) in [6.45, 7) is 0.696. The fourth-order valence-corrected chi connectivity index (χ4v) is 5.92. The fourth-order valence-electron chi connectivity index (χ4n) is 5.16. The third kappa shape index (κ3) is 7.69. The first-order valence-corrected chi connectivity index (χ1v) is 16.0. The molecule has 0 saturated heterocycles. The maximum atomic E-state index is 14.6.